The van der Waals surface area contributed by atoms with E-state index in [9.17, 15) is 0 Å². The van der Waals surface area contributed by atoms with E-state index < -0.39 is 0 Å². The van der Waals surface area contributed by atoms with Crippen LogP contribution in [0.1, 0.15) is 28.8 Å². The standard InChI is InChI=1S/C18H22N2/c1-19-18(13-17-7-2-3-10-20-17)12-14-8-9-15-5-4-6-16(15)11-14/h2-3,7-11,18-19H,4-6,12-13H2,1H3. The van der Waals surface area contributed by atoms with Crippen molar-refractivity contribution in [1.82, 2.24) is 10.3 Å². The van der Waals surface area contributed by atoms with Gasteiger partial charge in [0, 0.05) is 24.4 Å². The lowest BCUT2D eigenvalue weighted by atomic mass is 9.98. The van der Waals surface area contributed by atoms with Crippen LogP contribution in [-0.2, 0) is 25.7 Å². The highest BCUT2D eigenvalue weighted by Crippen LogP contribution is 2.23. The molecular formula is C18H22N2. The Bertz CT molecular complexity index is 563. The van der Waals surface area contributed by atoms with Gasteiger partial charge >= 0.3 is 0 Å². The van der Waals surface area contributed by atoms with Crippen LogP contribution in [0.4, 0.5) is 0 Å². The maximum Gasteiger partial charge on any atom is 0.0419 e. The number of hydrogen-bond donors (Lipinski definition) is 1. The fraction of sp³-hybridized carbons (Fsp3) is 0.389. The molecule has 0 aliphatic heterocycles. The molecule has 1 atom stereocenters. The molecule has 1 aliphatic rings. The number of nitrogens with one attached hydrogen (secondary N) is 1. The van der Waals surface area contributed by atoms with Crippen molar-refractivity contribution < 1.29 is 0 Å². The molecule has 0 bridgehead atoms. The van der Waals surface area contributed by atoms with Crippen molar-refractivity contribution >= 4 is 0 Å². The van der Waals surface area contributed by atoms with Crippen molar-refractivity contribution in [1.29, 1.82) is 0 Å². The number of pyridine rings is 1. The first kappa shape index (κ1) is 13.3. The summed E-state index contributed by atoms with van der Waals surface area (Å²) in [6.07, 6.45) is 7.76. The van der Waals surface area contributed by atoms with Crippen molar-refractivity contribution in [3.63, 3.8) is 0 Å². The average molecular weight is 266 g/mol. The number of benzene rings is 1. The van der Waals surface area contributed by atoms with E-state index in [2.05, 4.69) is 40.6 Å². The Morgan fingerprint density at radius 1 is 1.10 bits per heavy atom. The fourth-order valence-corrected chi connectivity index (χ4v) is 3.08. The SMILES string of the molecule is CNC(Cc1ccc2c(c1)CCC2)Cc1ccccn1. The first-order valence-electron chi connectivity index (χ1n) is 7.53. The van der Waals surface area contributed by atoms with Gasteiger partial charge < -0.3 is 5.32 Å². The third kappa shape index (κ3) is 3.07. The Labute approximate surface area is 121 Å². The lowest BCUT2D eigenvalue weighted by Crippen LogP contribution is -2.30. The van der Waals surface area contributed by atoms with Crippen molar-refractivity contribution in [3.8, 4) is 0 Å². The maximum atomic E-state index is 4.43. The molecule has 1 unspecified atom stereocenters. The largest absolute Gasteiger partial charge is 0.316 e. The van der Waals surface area contributed by atoms with E-state index in [4.69, 9.17) is 0 Å². The van der Waals surface area contributed by atoms with Gasteiger partial charge in [-0.3, -0.25) is 4.98 Å². The van der Waals surface area contributed by atoms with Gasteiger partial charge in [-0.15, -0.1) is 0 Å². The molecule has 2 nitrogen and oxygen atoms in total. The zero-order chi connectivity index (χ0) is 13.8. The highest BCUT2D eigenvalue weighted by molar-refractivity contribution is 5.35. The van der Waals surface area contributed by atoms with Crippen molar-refractivity contribution in [3.05, 3.63) is 65.0 Å². The Kier molecular flexibility index (Phi) is 4.12. The summed E-state index contributed by atoms with van der Waals surface area (Å²) in [7, 11) is 2.04. The van der Waals surface area contributed by atoms with Gasteiger partial charge in [0.2, 0.25) is 0 Å². The van der Waals surface area contributed by atoms with Crippen LogP contribution in [0.5, 0.6) is 0 Å². The molecule has 0 radical (unpaired) electrons. The van der Waals surface area contributed by atoms with E-state index in [0.717, 1.165) is 18.5 Å². The van der Waals surface area contributed by atoms with Crippen LogP contribution < -0.4 is 5.32 Å². The second-order valence-electron chi connectivity index (χ2n) is 5.67. The molecule has 1 aromatic heterocycles. The monoisotopic (exact) mass is 266 g/mol. The van der Waals surface area contributed by atoms with Gasteiger partial charge in [0.1, 0.15) is 0 Å². The minimum atomic E-state index is 0.448. The molecule has 1 aromatic carbocycles. The highest BCUT2D eigenvalue weighted by Gasteiger charge is 2.13. The zero-order valence-corrected chi connectivity index (χ0v) is 12.1. The van der Waals surface area contributed by atoms with Gasteiger partial charge in [0.05, 0.1) is 0 Å². The lowest BCUT2D eigenvalue weighted by molar-refractivity contribution is 0.550. The predicted octanol–water partition coefficient (Wildman–Crippen LogP) is 2.94. The fourth-order valence-electron chi connectivity index (χ4n) is 3.08. The quantitative estimate of drug-likeness (QED) is 0.900. The van der Waals surface area contributed by atoms with Gasteiger partial charge in [-0.2, -0.15) is 0 Å². The number of likely N-dealkylation sites (N-methyl/N-ethyl adjacent to an activating group) is 1. The molecule has 20 heavy (non-hydrogen) atoms. The summed E-state index contributed by atoms with van der Waals surface area (Å²) in [5.41, 5.74) is 5.73. The summed E-state index contributed by atoms with van der Waals surface area (Å²) in [6, 6.07) is 13.6. The summed E-state index contributed by atoms with van der Waals surface area (Å²) >= 11 is 0. The molecule has 0 saturated carbocycles. The topological polar surface area (TPSA) is 24.9 Å². The van der Waals surface area contributed by atoms with Crippen molar-refractivity contribution in [2.24, 2.45) is 0 Å². The Morgan fingerprint density at radius 3 is 2.80 bits per heavy atom. The number of fused-ring (bicyclic) bond motifs is 1. The summed E-state index contributed by atoms with van der Waals surface area (Å²) in [4.78, 5) is 4.43. The number of rotatable bonds is 5. The van der Waals surface area contributed by atoms with E-state index in [1.165, 1.54) is 24.8 Å². The molecular weight excluding hydrogens is 244 g/mol. The molecule has 0 spiro atoms. The third-order valence-electron chi connectivity index (χ3n) is 4.23. The van der Waals surface area contributed by atoms with Crippen LogP contribution in [0.25, 0.3) is 0 Å². The van der Waals surface area contributed by atoms with E-state index in [0.29, 0.717) is 6.04 Å². The summed E-state index contributed by atoms with van der Waals surface area (Å²) in [5.74, 6) is 0. The Morgan fingerprint density at radius 2 is 2.00 bits per heavy atom. The second kappa shape index (κ2) is 6.19. The van der Waals surface area contributed by atoms with Crippen LogP contribution in [0.2, 0.25) is 0 Å². The normalized spacial score (nSPS) is 15.1. The average Bonchev–Trinajstić information content (AvgIpc) is 2.95. The van der Waals surface area contributed by atoms with E-state index in [-0.39, 0.29) is 0 Å². The van der Waals surface area contributed by atoms with Gasteiger partial charge in [0.15, 0.2) is 0 Å². The third-order valence-corrected chi connectivity index (χ3v) is 4.23. The molecule has 1 aliphatic carbocycles. The smallest absolute Gasteiger partial charge is 0.0419 e. The molecule has 104 valence electrons. The van der Waals surface area contributed by atoms with Gasteiger partial charge in [-0.05, 0) is 61.6 Å². The summed E-state index contributed by atoms with van der Waals surface area (Å²) < 4.78 is 0. The molecule has 0 amide bonds. The molecule has 2 aromatic rings. The second-order valence-corrected chi connectivity index (χ2v) is 5.67. The van der Waals surface area contributed by atoms with Crippen molar-refractivity contribution in [2.45, 2.75) is 38.1 Å². The number of hydrogen-bond acceptors (Lipinski definition) is 2. The van der Waals surface area contributed by atoms with Gasteiger partial charge in [-0.1, -0.05) is 24.3 Å². The lowest BCUT2D eigenvalue weighted by Gasteiger charge is -2.16. The molecule has 0 fully saturated rings. The highest BCUT2D eigenvalue weighted by atomic mass is 14.9. The minimum absolute atomic E-state index is 0.448. The van der Waals surface area contributed by atoms with E-state index in [1.54, 1.807) is 11.1 Å². The summed E-state index contributed by atoms with van der Waals surface area (Å²) in [5, 5.41) is 3.43. The van der Waals surface area contributed by atoms with Crippen LogP contribution in [0, 0.1) is 0 Å². The van der Waals surface area contributed by atoms with Gasteiger partial charge in [-0.25, -0.2) is 0 Å². The molecule has 1 heterocycles. The minimum Gasteiger partial charge on any atom is -0.316 e. The zero-order valence-electron chi connectivity index (χ0n) is 12.1. The number of aromatic nitrogens is 1. The predicted molar refractivity (Wildman–Crippen MR) is 83.0 cm³/mol. The first-order valence-corrected chi connectivity index (χ1v) is 7.53. The molecule has 1 N–H and O–H groups in total. The maximum absolute atomic E-state index is 4.43. The van der Waals surface area contributed by atoms with Crippen LogP contribution in [0.3, 0.4) is 0 Å². The van der Waals surface area contributed by atoms with Crippen molar-refractivity contribution in [2.75, 3.05) is 7.05 Å². The van der Waals surface area contributed by atoms with Gasteiger partial charge in [0.25, 0.3) is 0 Å². The number of aryl methyl sites for hydroxylation is 2. The molecule has 2 heteroatoms. The molecule has 0 saturated heterocycles. The Balaban J connectivity index is 1.68. The summed E-state index contributed by atoms with van der Waals surface area (Å²) in [6.45, 7) is 0. The van der Waals surface area contributed by atoms with Crippen LogP contribution >= 0.6 is 0 Å². The van der Waals surface area contributed by atoms with Crippen LogP contribution in [-0.4, -0.2) is 18.1 Å². The van der Waals surface area contributed by atoms with E-state index >= 15 is 0 Å². The van der Waals surface area contributed by atoms with Crippen LogP contribution in [0.15, 0.2) is 42.6 Å². The Hall–Kier alpha value is -1.67. The first-order chi connectivity index (χ1) is 9.85. The van der Waals surface area contributed by atoms with E-state index in [1.807, 2.05) is 19.3 Å². The number of nitrogens with zero attached hydrogens (tertiary/aromatic N) is 1. The molecule has 3 rings (SSSR count).